The summed E-state index contributed by atoms with van der Waals surface area (Å²) in [6.45, 7) is 2.57. The Bertz CT molecular complexity index is 459. The molecule has 0 aliphatic carbocycles. The second-order valence-electron chi connectivity index (χ2n) is 2.77. The van der Waals surface area contributed by atoms with Gasteiger partial charge in [-0.2, -0.15) is 0 Å². The largest absolute Gasteiger partial charge is 0.477 e. The van der Waals surface area contributed by atoms with Crippen LogP contribution in [0, 0.1) is 3.57 Å². The van der Waals surface area contributed by atoms with Gasteiger partial charge in [-0.05, 0) is 47.7 Å². The Morgan fingerprint density at radius 3 is 3.00 bits per heavy atom. The quantitative estimate of drug-likeness (QED) is 0.800. The van der Waals surface area contributed by atoms with E-state index in [0.29, 0.717) is 12.5 Å². The maximum absolute atomic E-state index is 5.42. The highest BCUT2D eigenvalue weighted by Crippen LogP contribution is 2.22. The van der Waals surface area contributed by atoms with Crippen LogP contribution in [0.15, 0.2) is 24.5 Å². The molecular formula is C10H9IN2O. The van der Waals surface area contributed by atoms with Gasteiger partial charge in [0, 0.05) is 3.57 Å². The molecule has 0 atom stereocenters. The summed E-state index contributed by atoms with van der Waals surface area (Å²) in [5.41, 5.74) is 0.920. The highest BCUT2D eigenvalue weighted by atomic mass is 127. The number of hydrogen-bond acceptors (Lipinski definition) is 3. The standard InChI is InChI=1S/C10H9IN2O/c1-2-14-10-8-5-7(11)3-4-9(8)12-6-13-10/h3-6H,2H2,1H3. The summed E-state index contributed by atoms with van der Waals surface area (Å²) in [5, 5.41) is 0.973. The fraction of sp³-hybridized carbons (Fsp3) is 0.200. The van der Waals surface area contributed by atoms with Gasteiger partial charge in [0.2, 0.25) is 5.88 Å². The van der Waals surface area contributed by atoms with Gasteiger partial charge in [0.05, 0.1) is 17.5 Å². The molecule has 0 bridgehead atoms. The Morgan fingerprint density at radius 1 is 1.36 bits per heavy atom. The topological polar surface area (TPSA) is 35.0 Å². The molecule has 0 saturated heterocycles. The Morgan fingerprint density at radius 2 is 2.21 bits per heavy atom. The van der Waals surface area contributed by atoms with Gasteiger partial charge < -0.3 is 4.74 Å². The van der Waals surface area contributed by atoms with Crippen molar-refractivity contribution in [2.45, 2.75) is 6.92 Å². The zero-order valence-electron chi connectivity index (χ0n) is 7.70. The smallest absolute Gasteiger partial charge is 0.224 e. The van der Waals surface area contributed by atoms with E-state index in [0.717, 1.165) is 14.5 Å². The first-order chi connectivity index (χ1) is 6.81. The van der Waals surface area contributed by atoms with E-state index < -0.39 is 0 Å². The number of nitrogens with zero attached hydrogens (tertiary/aromatic N) is 2. The third-order valence-corrected chi connectivity index (χ3v) is 2.51. The van der Waals surface area contributed by atoms with Crippen molar-refractivity contribution in [1.82, 2.24) is 9.97 Å². The second kappa shape index (κ2) is 4.08. The SMILES string of the molecule is CCOc1ncnc2ccc(I)cc12. The molecule has 1 aromatic heterocycles. The minimum Gasteiger partial charge on any atom is -0.477 e. The molecule has 0 fully saturated rings. The number of ether oxygens (including phenoxy) is 1. The first-order valence-corrected chi connectivity index (χ1v) is 5.42. The van der Waals surface area contributed by atoms with Crippen LogP contribution in [0.3, 0.4) is 0 Å². The number of fused-ring (bicyclic) bond motifs is 1. The molecule has 4 heteroatoms. The minimum atomic E-state index is 0.623. The molecule has 0 N–H and O–H groups in total. The molecule has 1 aromatic carbocycles. The van der Waals surface area contributed by atoms with Crippen LogP contribution in [0.4, 0.5) is 0 Å². The van der Waals surface area contributed by atoms with E-state index >= 15 is 0 Å². The molecule has 0 amide bonds. The highest BCUT2D eigenvalue weighted by molar-refractivity contribution is 14.1. The van der Waals surface area contributed by atoms with E-state index in [2.05, 4.69) is 32.6 Å². The number of rotatable bonds is 2. The van der Waals surface area contributed by atoms with Gasteiger partial charge in [-0.3, -0.25) is 0 Å². The van der Waals surface area contributed by atoms with E-state index in [4.69, 9.17) is 4.74 Å². The molecule has 14 heavy (non-hydrogen) atoms. The van der Waals surface area contributed by atoms with Gasteiger partial charge in [-0.15, -0.1) is 0 Å². The van der Waals surface area contributed by atoms with Crippen molar-refractivity contribution in [2.24, 2.45) is 0 Å². The van der Waals surface area contributed by atoms with Crippen LogP contribution in [0.5, 0.6) is 5.88 Å². The summed E-state index contributed by atoms with van der Waals surface area (Å²) in [6, 6.07) is 6.02. The number of hydrogen-bond donors (Lipinski definition) is 0. The predicted octanol–water partition coefficient (Wildman–Crippen LogP) is 2.63. The lowest BCUT2D eigenvalue weighted by molar-refractivity contribution is 0.331. The van der Waals surface area contributed by atoms with Crippen LogP contribution < -0.4 is 4.74 Å². The Balaban J connectivity index is 2.64. The summed E-state index contributed by atoms with van der Waals surface area (Å²) in [4.78, 5) is 8.27. The van der Waals surface area contributed by atoms with Crippen LogP contribution in [0.2, 0.25) is 0 Å². The fourth-order valence-electron chi connectivity index (χ4n) is 1.26. The molecule has 0 aliphatic heterocycles. The summed E-state index contributed by atoms with van der Waals surface area (Å²) < 4.78 is 6.58. The lowest BCUT2D eigenvalue weighted by atomic mass is 10.2. The van der Waals surface area contributed by atoms with Crippen LogP contribution >= 0.6 is 22.6 Å². The Hall–Kier alpha value is -0.910. The normalized spacial score (nSPS) is 10.4. The number of halogens is 1. The molecular weight excluding hydrogens is 291 g/mol. The van der Waals surface area contributed by atoms with Crippen molar-refractivity contribution >= 4 is 33.5 Å². The van der Waals surface area contributed by atoms with E-state index in [1.807, 2.05) is 25.1 Å². The maximum atomic E-state index is 5.42. The first kappa shape index (κ1) is 9.64. The molecule has 0 unspecified atom stereocenters. The summed E-state index contributed by atoms with van der Waals surface area (Å²) in [6.07, 6.45) is 1.53. The van der Waals surface area contributed by atoms with Gasteiger partial charge in [-0.25, -0.2) is 9.97 Å². The van der Waals surface area contributed by atoms with Crippen molar-refractivity contribution in [2.75, 3.05) is 6.61 Å². The summed E-state index contributed by atoms with van der Waals surface area (Å²) in [7, 11) is 0. The maximum Gasteiger partial charge on any atom is 0.224 e. The zero-order valence-corrected chi connectivity index (χ0v) is 9.85. The fourth-order valence-corrected chi connectivity index (χ4v) is 1.75. The van der Waals surface area contributed by atoms with Crippen molar-refractivity contribution in [3.63, 3.8) is 0 Å². The average Bonchev–Trinajstić information content (AvgIpc) is 2.19. The van der Waals surface area contributed by atoms with E-state index in [-0.39, 0.29) is 0 Å². The second-order valence-corrected chi connectivity index (χ2v) is 4.02. The third kappa shape index (κ3) is 1.79. The predicted molar refractivity (Wildman–Crippen MR) is 63.4 cm³/mol. The molecule has 72 valence electrons. The minimum absolute atomic E-state index is 0.623. The van der Waals surface area contributed by atoms with E-state index in [1.54, 1.807) is 0 Å². The molecule has 0 aliphatic rings. The van der Waals surface area contributed by atoms with E-state index in [9.17, 15) is 0 Å². The van der Waals surface area contributed by atoms with Gasteiger partial charge in [0.15, 0.2) is 0 Å². The van der Waals surface area contributed by atoms with Gasteiger partial charge in [0.25, 0.3) is 0 Å². The molecule has 2 aromatic rings. The van der Waals surface area contributed by atoms with Crippen molar-refractivity contribution in [3.8, 4) is 5.88 Å². The highest BCUT2D eigenvalue weighted by Gasteiger charge is 2.03. The van der Waals surface area contributed by atoms with Crippen LogP contribution in [0.25, 0.3) is 10.9 Å². The summed E-state index contributed by atoms with van der Waals surface area (Å²) >= 11 is 2.26. The molecule has 0 saturated carbocycles. The molecule has 0 spiro atoms. The third-order valence-electron chi connectivity index (χ3n) is 1.84. The Kier molecular flexibility index (Phi) is 2.81. The lowest BCUT2D eigenvalue weighted by Crippen LogP contribution is -1.96. The average molecular weight is 300 g/mol. The first-order valence-electron chi connectivity index (χ1n) is 4.34. The van der Waals surface area contributed by atoms with Crippen molar-refractivity contribution in [1.29, 1.82) is 0 Å². The molecule has 2 rings (SSSR count). The van der Waals surface area contributed by atoms with Crippen LogP contribution in [0.1, 0.15) is 6.92 Å². The molecule has 3 nitrogen and oxygen atoms in total. The van der Waals surface area contributed by atoms with Gasteiger partial charge in [-0.1, -0.05) is 0 Å². The van der Waals surface area contributed by atoms with Crippen LogP contribution in [-0.2, 0) is 0 Å². The van der Waals surface area contributed by atoms with Crippen molar-refractivity contribution in [3.05, 3.63) is 28.1 Å². The molecule has 1 heterocycles. The van der Waals surface area contributed by atoms with Gasteiger partial charge in [0.1, 0.15) is 6.33 Å². The Labute approximate surface area is 95.7 Å². The van der Waals surface area contributed by atoms with Crippen molar-refractivity contribution < 1.29 is 4.74 Å². The monoisotopic (exact) mass is 300 g/mol. The van der Waals surface area contributed by atoms with Crippen LogP contribution in [-0.4, -0.2) is 16.6 Å². The van der Waals surface area contributed by atoms with Gasteiger partial charge >= 0.3 is 0 Å². The molecule has 0 radical (unpaired) electrons. The zero-order chi connectivity index (χ0) is 9.97. The number of benzene rings is 1. The van der Waals surface area contributed by atoms with E-state index in [1.165, 1.54) is 6.33 Å². The lowest BCUT2D eigenvalue weighted by Gasteiger charge is -2.04. The summed E-state index contributed by atoms with van der Waals surface area (Å²) in [5.74, 6) is 0.663. The number of aromatic nitrogens is 2.